The van der Waals surface area contributed by atoms with E-state index >= 15 is 0 Å². The van der Waals surface area contributed by atoms with E-state index in [1.807, 2.05) is 48.5 Å². The molecule has 1 spiro atoms. The minimum Gasteiger partial charge on any atom is -0.497 e. The summed E-state index contributed by atoms with van der Waals surface area (Å²) in [5.74, 6) is -0.814. The lowest BCUT2D eigenvalue weighted by Gasteiger charge is -2.33. The molecule has 4 aromatic rings. The Labute approximate surface area is 268 Å². The lowest BCUT2D eigenvalue weighted by molar-refractivity contribution is -0.133. The molecule has 1 fully saturated rings. The smallest absolute Gasteiger partial charge is 0.297 e. The molecule has 0 aliphatic carbocycles. The quantitative estimate of drug-likeness (QED) is 0.305. The highest BCUT2D eigenvalue weighted by atomic mass is 32.2. The summed E-state index contributed by atoms with van der Waals surface area (Å²) >= 11 is 1.22. The molecule has 3 aliphatic heterocycles. The molecule has 1 unspecified atom stereocenters. The number of carbonyl (C=O) groups is 4. The number of fused-ring (bicyclic) bond motifs is 2. The van der Waals surface area contributed by atoms with Crippen LogP contribution in [-0.2, 0) is 24.0 Å². The van der Waals surface area contributed by atoms with Gasteiger partial charge in [-0.2, -0.15) is 5.01 Å². The molecule has 11 heteroatoms. The predicted molar refractivity (Wildman–Crippen MR) is 176 cm³/mol. The fourth-order valence-corrected chi connectivity index (χ4v) is 7.22. The van der Waals surface area contributed by atoms with Gasteiger partial charge in [0.05, 0.1) is 18.6 Å². The van der Waals surface area contributed by atoms with Gasteiger partial charge in [0.15, 0.2) is 5.84 Å². The zero-order chi connectivity index (χ0) is 31.8. The fraction of sp³-hybridized carbons (Fsp3) is 0.114. The number of aliphatic imine (C=N–C) groups is 1. The van der Waals surface area contributed by atoms with Crippen LogP contribution >= 0.6 is 11.8 Å². The second-order valence-corrected chi connectivity index (χ2v) is 11.9. The molecule has 0 saturated carbocycles. The SMILES string of the molecule is COc1ccc(N2C(=O)CSC23C(=O)N(CC(=O)NN2C(=O)/C(=C/c4ccccc4)N=C2c2ccccc2)c2ccccc23)cc1. The van der Waals surface area contributed by atoms with Crippen LogP contribution in [0.25, 0.3) is 6.08 Å². The van der Waals surface area contributed by atoms with Crippen LogP contribution in [0.4, 0.5) is 11.4 Å². The van der Waals surface area contributed by atoms with E-state index in [1.165, 1.54) is 21.6 Å². The van der Waals surface area contributed by atoms with E-state index < -0.39 is 29.1 Å². The van der Waals surface area contributed by atoms with Crippen molar-refractivity contribution in [1.29, 1.82) is 0 Å². The standard InChI is InChI=1S/C35H27N5O5S/c1-45-26-18-16-25(17-19-26)39-31(42)22-46-35(39)27-14-8-9-15-29(27)38(34(35)44)21-30(41)37-40-32(24-12-6-3-7-13-24)36-28(33(40)43)20-23-10-4-2-5-11-23/h2-20H,21-22H2,1H3,(H,37,41)/b28-20-. The predicted octanol–water partition coefficient (Wildman–Crippen LogP) is 4.34. The summed E-state index contributed by atoms with van der Waals surface area (Å²) < 4.78 is 5.28. The van der Waals surface area contributed by atoms with E-state index in [4.69, 9.17) is 4.74 Å². The van der Waals surface area contributed by atoms with E-state index in [9.17, 15) is 19.2 Å². The summed E-state index contributed by atoms with van der Waals surface area (Å²) in [6, 6.07) is 32.4. The molecule has 1 saturated heterocycles. The first-order chi connectivity index (χ1) is 22.4. The minimum atomic E-state index is -1.39. The van der Waals surface area contributed by atoms with Crippen molar-refractivity contribution in [2.45, 2.75) is 4.87 Å². The van der Waals surface area contributed by atoms with Crippen LogP contribution in [0, 0.1) is 0 Å². The van der Waals surface area contributed by atoms with Gasteiger partial charge in [0.1, 0.15) is 18.0 Å². The molecule has 3 heterocycles. The lowest BCUT2D eigenvalue weighted by Crippen LogP contribution is -2.54. The van der Waals surface area contributed by atoms with Crippen molar-refractivity contribution in [2.75, 3.05) is 29.2 Å². The lowest BCUT2D eigenvalue weighted by atomic mass is 10.0. The number of benzene rings is 4. The maximum atomic E-state index is 14.4. The Bertz CT molecular complexity index is 1930. The van der Waals surface area contributed by atoms with Gasteiger partial charge in [0, 0.05) is 16.8 Å². The second kappa shape index (κ2) is 11.7. The number of para-hydroxylation sites is 1. The van der Waals surface area contributed by atoms with Gasteiger partial charge in [-0.25, -0.2) is 4.99 Å². The van der Waals surface area contributed by atoms with E-state index in [2.05, 4.69) is 10.4 Å². The van der Waals surface area contributed by atoms with E-state index in [0.29, 0.717) is 28.3 Å². The van der Waals surface area contributed by atoms with E-state index in [1.54, 1.807) is 73.8 Å². The third-order valence-corrected chi connectivity index (χ3v) is 9.31. The Kier molecular flexibility index (Phi) is 7.37. The van der Waals surface area contributed by atoms with Crippen molar-refractivity contribution in [3.05, 3.63) is 132 Å². The molecule has 0 radical (unpaired) electrons. The number of nitrogens with zero attached hydrogens (tertiary/aromatic N) is 4. The molecule has 0 aromatic heterocycles. The number of amides is 4. The molecular formula is C35H27N5O5S. The Morgan fingerprint density at radius 3 is 2.30 bits per heavy atom. The van der Waals surface area contributed by atoms with Gasteiger partial charge in [-0.3, -0.25) is 34.4 Å². The third-order valence-electron chi connectivity index (χ3n) is 7.93. The molecule has 1 atom stereocenters. The number of anilines is 2. The van der Waals surface area contributed by atoms with Crippen molar-refractivity contribution in [2.24, 2.45) is 4.99 Å². The Balaban J connectivity index is 1.19. The Morgan fingerprint density at radius 2 is 1.59 bits per heavy atom. The van der Waals surface area contributed by atoms with E-state index in [-0.39, 0.29) is 23.2 Å². The van der Waals surface area contributed by atoms with Crippen LogP contribution in [-0.4, -0.2) is 53.9 Å². The molecule has 1 N–H and O–H groups in total. The molecule has 228 valence electrons. The normalized spacial score (nSPS) is 19.7. The molecular weight excluding hydrogens is 602 g/mol. The number of ether oxygens (including phenoxy) is 1. The van der Waals surface area contributed by atoms with Gasteiger partial charge in [0.25, 0.3) is 17.7 Å². The number of hydrogen-bond acceptors (Lipinski definition) is 7. The van der Waals surface area contributed by atoms with Crippen molar-refractivity contribution < 1.29 is 23.9 Å². The molecule has 7 rings (SSSR count). The average molecular weight is 630 g/mol. The van der Waals surface area contributed by atoms with Crippen molar-refractivity contribution in [3.8, 4) is 5.75 Å². The maximum absolute atomic E-state index is 14.4. The molecule has 3 aliphatic rings. The number of rotatable bonds is 7. The highest BCUT2D eigenvalue weighted by molar-refractivity contribution is 8.02. The van der Waals surface area contributed by atoms with Crippen molar-refractivity contribution in [3.63, 3.8) is 0 Å². The van der Waals surface area contributed by atoms with Crippen LogP contribution < -0.4 is 20.0 Å². The van der Waals surface area contributed by atoms with Gasteiger partial charge >= 0.3 is 0 Å². The van der Waals surface area contributed by atoms with Gasteiger partial charge in [-0.05, 0) is 42.0 Å². The number of methoxy groups -OCH3 is 1. The summed E-state index contributed by atoms with van der Waals surface area (Å²) in [5.41, 5.74) is 5.92. The summed E-state index contributed by atoms with van der Waals surface area (Å²) in [6.07, 6.45) is 1.66. The highest BCUT2D eigenvalue weighted by Gasteiger charge is 2.61. The average Bonchev–Trinajstić information content (AvgIpc) is 3.68. The summed E-state index contributed by atoms with van der Waals surface area (Å²) in [7, 11) is 1.55. The first kappa shape index (κ1) is 29.1. The number of carbonyl (C=O) groups excluding carboxylic acids is 4. The Hall–Kier alpha value is -5.68. The Morgan fingerprint density at radius 1 is 0.913 bits per heavy atom. The minimum absolute atomic E-state index is 0.0852. The second-order valence-electron chi connectivity index (χ2n) is 10.7. The van der Waals surface area contributed by atoms with Crippen LogP contribution in [0.1, 0.15) is 16.7 Å². The first-order valence-electron chi connectivity index (χ1n) is 14.5. The summed E-state index contributed by atoms with van der Waals surface area (Å²) in [4.78, 5) is 61.1. The van der Waals surface area contributed by atoms with Gasteiger partial charge in [0.2, 0.25) is 10.8 Å². The fourth-order valence-electron chi connectivity index (χ4n) is 5.86. The third kappa shape index (κ3) is 4.81. The number of thioether (sulfide) groups is 1. The summed E-state index contributed by atoms with van der Waals surface area (Å²) in [6.45, 7) is -0.396. The molecule has 46 heavy (non-hydrogen) atoms. The summed E-state index contributed by atoms with van der Waals surface area (Å²) in [5, 5.41) is 1.12. The zero-order valence-corrected chi connectivity index (χ0v) is 25.4. The van der Waals surface area contributed by atoms with E-state index in [0.717, 1.165) is 10.6 Å². The largest absolute Gasteiger partial charge is 0.497 e. The van der Waals surface area contributed by atoms with Crippen LogP contribution in [0.15, 0.2) is 120 Å². The highest BCUT2D eigenvalue weighted by Crippen LogP contribution is 2.55. The molecule has 4 amide bonds. The monoisotopic (exact) mass is 629 g/mol. The van der Waals surface area contributed by atoms with Crippen LogP contribution in [0.3, 0.4) is 0 Å². The van der Waals surface area contributed by atoms with Crippen LogP contribution in [0.2, 0.25) is 0 Å². The first-order valence-corrected chi connectivity index (χ1v) is 15.5. The molecule has 10 nitrogen and oxygen atoms in total. The molecule has 4 aromatic carbocycles. The van der Waals surface area contributed by atoms with Gasteiger partial charge in [-0.1, -0.05) is 78.9 Å². The molecule has 0 bridgehead atoms. The number of hydrogen-bond donors (Lipinski definition) is 1. The maximum Gasteiger partial charge on any atom is 0.297 e. The number of amidine groups is 1. The van der Waals surface area contributed by atoms with Gasteiger partial charge < -0.3 is 4.74 Å². The van der Waals surface area contributed by atoms with Crippen molar-refractivity contribution >= 4 is 58.7 Å². The van der Waals surface area contributed by atoms with Gasteiger partial charge in [-0.15, -0.1) is 11.8 Å². The zero-order valence-electron chi connectivity index (χ0n) is 24.6. The number of nitrogens with one attached hydrogen (secondary N) is 1. The topological polar surface area (TPSA) is 112 Å². The number of hydrazine groups is 1. The van der Waals surface area contributed by atoms with Crippen molar-refractivity contribution in [1.82, 2.24) is 10.4 Å². The van der Waals surface area contributed by atoms with Crippen LogP contribution in [0.5, 0.6) is 5.75 Å².